The molecule has 28 heavy (non-hydrogen) atoms. The SMILES string of the molecule is N#CC(=Cc1cc(Cl)c(OCc2ccc(Cl)cc2)c(Br)c1)c1ccccc1F. The molecule has 0 amide bonds. The Morgan fingerprint density at radius 1 is 1.11 bits per heavy atom. The molecule has 2 nitrogen and oxygen atoms in total. The lowest BCUT2D eigenvalue weighted by Crippen LogP contribution is -1.97. The van der Waals surface area contributed by atoms with Gasteiger partial charge in [-0.15, -0.1) is 0 Å². The molecule has 3 rings (SSSR count). The molecule has 0 aliphatic heterocycles. The fourth-order valence-corrected chi connectivity index (χ4v) is 3.67. The minimum atomic E-state index is -0.455. The van der Waals surface area contributed by atoms with Crippen LogP contribution in [0.1, 0.15) is 16.7 Å². The lowest BCUT2D eigenvalue weighted by atomic mass is 10.0. The highest BCUT2D eigenvalue weighted by molar-refractivity contribution is 9.10. The molecule has 140 valence electrons. The predicted octanol–water partition coefficient (Wildman–Crippen LogP) is 7.54. The number of rotatable bonds is 5. The lowest BCUT2D eigenvalue weighted by Gasteiger charge is -2.11. The first-order chi connectivity index (χ1) is 13.5. The summed E-state index contributed by atoms with van der Waals surface area (Å²) in [5.41, 5.74) is 2.04. The lowest BCUT2D eigenvalue weighted by molar-refractivity contribution is 0.304. The molecule has 0 atom stereocenters. The monoisotopic (exact) mass is 475 g/mol. The van der Waals surface area contributed by atoms with Gasteiger partial charge in [-0.25, -0.2) is 4.39 Å². The Bertz CT molecular complexity index is 1050. The molecule has 0 bridgehead atoms. The predicted molar refractivity (Wildman–Crippen MR) is 115 cm³/mol. The van der Waals surface area contributed by atoms with Gasteiger partial charge in [0.05, 0.1) is 21.1 Å². The van der Waals surface area contributed by atoms with Gasteiger partial charge in [-0.2, -0.15) is 5.26 Å². The molecular formula is C22H13BrCl2FNO. The van der Waals surface area contributed by atoms with E-state index in [1.807, 2.05) is 18.2 Å². The van der Waals surface area contributed by atoms with E-state index in [2.05, 4.69) is 15.9 Å². The third-order valence-electron chi connectivity index (χ3n) is 3.91. The van der Waals surface area contributed by atoms with Gasteiger partial charge < -0.3 is 4.74 Å². The molecule has 0 radical (unpaired) electrons. The second-order valence-electron chi connectivity index (χ2n) is 5.88. The second-order valence-corrected chi connectivity index (χ2v) is 7.58. The first-order valence-electron chi connectivity index (χ1n) is 8.21. The number of nitriles is 1. The summed E-state index contributed by atoms with van der Waals surface area (Å²) in [5.74, 6) is 0.0292. The summed E-state index contributed by atoms with van der Waals surface area (Å²) in [6.45, 7) is 0.323. The topological polar surface area (TPSA) is 33.0 Å². The van der Waals surface area contributed by atoms with Gasteiger partial charge >= 0.3 is 0 Å². The number of hydrogen-bond donors (Lipinski definition) is 0. The molecule has 0 fully saturated rings. The fraction of sp³-hybridized carbons (Fsp3) is 0.0455. The molecule has 0 unspecified atom stereocenters. The summed E-state index contributed by atoms with van der Waals surface area (Å²) < 4.78 is 20.4. The normalized spacial score (nSPS) is 11.2. The maximum atomic E-state index is 14.0. The quantitative estimate of drug-likeness (QED) is 0.281. The van der Waals surface area contributed by atoms with Crippen LogP contribution in [0.4, 0.5) is 4.39 Å². The molecule has 0 saturated heterocycles. The maximum Gasteiger partial charge on any atom is 0.152 e. The first-order valence-corrected chi connectivity index (χ1v) is 9.76. The van der Waals surface area contributed by atoms with Crippen molar-refractivity contribution in [2.75, 3.05) is 0 Å². The zero-order valence-corrected chi connectivity index (χ0v) is 17.5. The van der Waals surface area contributed by atoms with Crippen molar-refractivity contribution >= 4 is 50.8 Å². The molecule has 6 heteroatoms. The first kappa shape index (κ1) is 20.4. The standard InChI is InChI=1S/C22H13BrCl2FNO/c23-19-10-15(9-16(12-27)18-3-1-2-4-21(18)26)11-20(25)22(19)28-13-14-5-7-17(24)8-6-14/h1-11H,13H2. The zero-order valence-electron chi connectivity index (χ0n) is 14.4. The van der Waals surface area contributed by atoms with Crippen LogP contribution in [0, 0.1) is 17.1 Å². The van der Waals surface area contributed by atoms with E-state index in [-0.39, 0.29) is 11.1 Å². The van der Waals surface area contributed by atoms with Gasteiger partial charge in [0.1, 0.15) is 12.4 Å². The highest BCUT2D eigenvalue weighted by Crippen LogP contribution is 2.36. The van der Waals surface area contributed by atoms with Crippen LogP contribution < -0.4 is 4.74 Å². The summed E-state index contributed by atoms with van der Waals surface area (Å²) in [6.07, 6.45) is 1.58. The van der Waals surface area contributed by atoms with Gasteiger partial charge in [0.25, 0.3) is 0 Å². The van der Waals surface area contributed by atoms with Crippen LogP contribution >= 0.6 is 39.1 Å². The van der Waals surface area contributed by atoms with Crippen molar-refractivity contribution in [3.8, 4) is 11.8 Å². The Balaban J connectivity index is 1.86. The summed E-state index contributed by atoms with van der Waals surface area (Å²) in [5, 5.41) is 10.5. The van der Waals surface area contributed by atoms with Crippen molar-refractivity contribution in [3.05, 3.63) is 97.7 Å². The number of halogens is 4. The van der Waals surface area contributed by atoms with Crippen LogP contribution in [0.2, 0.25) is 10.0 Å². The number of hydrogen-bond acceptors (Lipinski definition) is 2. The number of allylic oxidation sites excluding steroid dienone is 1. The van der Waals surface area contributed by atoms with Gasteiger partial charge in [0.2, 0.25) is 0 Å². The Kier molecular flexibility index (Phi) is 6.74. The van der Waals surface area contributed by atoms with Crippen LogP contribution in [-0.4, -0.2) is 0 Å². The fourth-order valence-electron chi connectivity index (χ4n) is 2.55. The average Bonchev–Trinajstić information content (AvgIpc) is 2.67. The van der Waals surface area contributed by atoms with Crippen molar-refractivity contribution in [2.24, 2.45) is 0 Å². The van der Waals surface area contributed by atoms with Crippen molar-refractivity contribution in [1.29, 1.82) is 5.26 Å². The number of nitrogens with zero attached hydrogens (tertiary/aromatic N) is 1. The third-order valence-corrected chi connectivity index (χ3v) is 5.03. The maximum absolute atomic E-state index is 14.0. The minimum Gasteiger partial charge on any atom is -0.486 e. The van der Waals surface area contributed by atoms with Crippen molar-refractivity contribution in [3.63, 3.8) is 0 Å². The molecule has 0 spiro atoms. The van der Waals surface area contributed by atoms with Crippen molar-refractivity contribution in [1.82, 2.24) is 0 Å². The zero-order chi connectivity index (χ0) is 20.1. The summed E-state index contributed by atoms with van der Waals surface area (Å²) >= 11 is 15.7. The van der Waals surface area contributed by atoms with E-state index in [1.165, 1.54) is 6.07 Å². The van der Waals surface area contributed by atoms with E-state index in [0.29, 0.717) is 32.4 Å². The highest BCUT2D eigenvalue weighted by atomic mass is 79.9. The van der Waals surface area contributed by atoms with Crippen LogP contribution in [0.3, 0.4) is 0 Å². The Hall–Kier alpha value is -2.32. The largest absolute Gasteiger partial charge is 0.486 e. The average molecular weight is 477 g/mol. The minimum absolute atomic E-state index is 0.205. The van der Waals surface area contributed by atoms with E-state index in [9.17, 15) is 9.65 Å². The van der Waals surface area contributed by atoms with Gasteiger partial charge in [-0.1, -0.05) is 53.5 Å². The van der Waals surface area contributed by atoms with E-state index in [1.54, 1.807) is 48.5 Å². The van der Waals surface area contributed by atoms with Gasteiger partial charge in [-0.3, -0.25) is 0 Å². The Morgan fingerprint density at radius 3 is 2.46 bits per heavy atom. The summed E-state index contributed by atoms with van der Waals surface area (Å²) in [4.78, 5) is 0. The van der Waals surface area contributed by atoms with Gasteiger partial charge in [0.15, 0.2) is 5.75 Å². The second kappa shape index (κ2) is 9.25. The summed E-state index contributed by atoms with van der Waals surface area (Å²) in [6, 6.07) is 18.9. The van der Waals surface area contributed by atoms with Crippen LogP contribution in [0.5, 0.6) is 5.75 Å². The van der Waals surface area contributed by atoms with Crippen LogP contribution in [0.25, 0.3) is 11.6 Å². The van der Waals surface area contributed by atoms with E-state index >= 15 is 0 Å². The van der Waals surface area contributed by atoms with E-state index in [4.69, 9.17) is 27.9 Å². The molecule has 0 aliphatic carbocycles. The number of benzene rings is 3. The van der Waals surface area contributed by atoms with Crippen molar-refractivity contribution in [2.45, 2.75) is 6.61 Å². The van der Waals surface area contributed by atoms with Gasteiger partial charge in [-0.05, 0) is 63.5 Å². The smallest absolute Gasteiger partial charge is 0.152 e. The third kappa shape index (κ3) is 4.94. The molecule has 0 heterocycles. The highest BCUT2D eigenvalue weighted by Gasteiger charge is 2.12. The van der Waals surface area contributed by atoms with E-state index < -0.39 is 5.82 Å². The van der Waals surface area contributed by atoms with Gasteiger partial charge in [0, 0.05) is 10.6 Å². The molecule has 0 N–H and O–H groups in total. The van der Waals surface area contributed by atoms with E-state index in [0.717, 1.165) is 5.56 Å². The number of ether oxygens (including phenoxy) is 1. The molecule has 3 aromatic rings. The van der Waals surface area contributed by atoms with Crippen molar-refractivity contribution < 1.29 is 9.13 Å². The molecule has 0 aliphatic rings. The van der Waals surface area contributed by atoms with Crippen LogP contribution in [0.15, 0.2) is 65.1 Å². The Labute approximate surface area is 180 Å². The summed E-state index contributed by atoms with van der Waals surface area (Å²) in [7, 11) is 0. The Morgan fingerprint density at radius 2 is 1.82 bits per heavy atom. The van der Waals surface area contributed by atoms with Crippen LogP contribution in [-0.2, 0) is 6.61 Å². The molecule has 3 aromatic carbocycles. The molecule has 0 saturated carbocycles. The molecular weight excluding hydrogens is 464 g/mol. The molecule has 0 aromatic heterocycles.